The third-order valence-electron chi connectivity index (χ3n) is 6.25. The summed E-state index contributed by atoms with van der Waals surface area (Å²) in [4.78, 5) is 18.0. The van der Waals surface area contributed by atoms with Crippen molar-refractivity contribution in [3.63, 3.8) is 0 Å². The Kier molecular flexibility index (Phi) is 6.28. The van der Waals surface area contributed by atoms with E-state index in [1.807, 2.05) is 0 Å². The summed E-state index contributed by atoms with van der Waals surface area (Å²) in [7, 11) is 1.16. The Morgan fingerprint density at radius 1 is 1.22 bits per heavy atom. The van der Waals surface area contributed by atoms with Crippen LogP contribution in [0, 0.1) is 11.3 Å². The van der Waals surface area contributed by atoms with Gasteiger partial charge in [-0.2, -0.15) is 27.2 Å². The molecule has 0 radical (unpaired) electrons. The number of benzene rings is 1. The van der Waals surface area contributed by atoms with Gasteiger partial charge in [-0.15, -0.1) is 0 Å². The van der Waals surface area contributed by atoms with Crippen molar-refractivity contribution < 1.29 is 41.3 Å². The van der Waals surface area contributed by atoms with Crippen molar-refractivity contribution in [1.82, 2.24) is 14.3 Å². The Morgan fingerprint density at radius 3 is 2.43 bits per heavy atom. The standard InChI is InChI=1S/C24H21F5N4O4/c1-22(2,10-30)14-4-5-33-15(9-31-18(33)8-14)13-6-16(36-3)19(17(7-13)37-21(25)26)20(34)32-11-23(35,12-32)24(27,28)29/h4-9,21,35H,11-12H2,1-3H3. The van der Waals surface area contributed by atoms with Crippen LogP contribution in [0.2, 0.25) is 0 Å². The summed E-state index contributed by atoms with van der Waals surface area (Å²) in [6.07, 6.45) is -1.88. The summed E-state index contributed by atoms with van der Waals surface area (Å²) in [5, 5.41) is 19.1. The Labute approximate surface area is 207 Å². The van der Waals surface area contributed by atoms with Gasteiger partial charge in [0.2, 0.25) is 0 Å². The van der Waals surface area contributed by atoms with Gasteiger partial charge in [0.1, 0.15) is 22.7 Å². The summed E-state index contributed by atoms with van der Waals surface area (Å²) in [6.45, 7) is -2.00. The molecule has 2 aromatic heterocycles. The minimum absolute atomic E-state index is 0.224. The number of likely N-dealkylation sites (tertiary alicyclic amines) is 1. The molecule has 0 bridgehead atoms. The van der Waals surface area contributed by atoms with E-state index in [0.717, 1.165) is 13.2 Å². The first kappa shape index (κ1) is 26.2. The minimum Gasteiger partial charge on any atom is -0.496 e. The van der Waals surface area contributed by atoms with E-state index in [2.05, 4.69) is 15.8 Å². The number of amides is 1. The molecule has 0 aliphatic carbocycles. The molecule has 4 rings (SSSR count). The van der Waals surface area contributed by atoms with Crippen LogP contribution in [-0.4, -0.2) is 63.9 Å². The summed E-state index contributed by atoms with van der Waals surface area (Å²) < 4.78 is 77.0. The number of pyridine rings is 1. The van der Waals surface area contributed by atoms with Crippen molar-refractivity contribution in [2.75, 3.05) is 20.2 Å². The lowest BCUT2D eigenvalue weighted by molar-refractivity contribution is -0.294. The number of β-amino-alcohol motifs (C(OH)–C–C–N with tert-alkyl or cyclic N) is 1. The second-order valence-electron chi connectivity index (χ2n) is 9.14. The molecule has 1 aliphatic rings. The van der Waals surface area contributed by atoms with Crippen molar-refractivity contribution in [2.45, 2.75) is 37.7 Å². The molecule has 37 heavy (non-hydrogen) atoms. The predicted molar refractivity (Wildman–Crippen MR) is 119 cm³/mol. The molecule has 0 saturated carbocycles. The Morgan fingerprint density at radius 2 is 1.86 bits per heavy atom. The molecule has 1 fully saturated rings. The Hall–Kier alpha value is -3.92. The number of rotatable bonds is 6. The van der Waals surface area contributed by atoms with E-state index in [1.165, 1.54) is 12.3 Å². The fourth-order valence-electron chi connectivity index (χ4n) is 4.01. The van der Waals surface area contributed by atoms with Crippen LogP contribution in [-0.2, 0) is 5.41 Å². The largest absolute Gasteiger partial charge is 0.496 e. The molecule has 1 aliphatic heterocycles. The van der Waals surface area contributed by atoms with Crippen LogP contribution in [0.5, 0.6) is 11.5 Å². The second-order valence-corrected chi connectivity index (χ2v) is 9.14. The molecule has 1 N–H and O–H groups in total. The third kappa shape index (κ3) is 4.53. The molecule has 8 nitrogen and oxygen atoms in total. The van der Waals surface area contributed by atoms with Crippen LogP contribution in [0.15, 0.2) is 36.7 Å². The SMILES string of the molecule is COc1cc(-c2cnc3cc(C(C)(C)C#N)ccn23)cc(OC(F)F)c1C(=O)N1CC(O)(C(F)(F)F)C1. The molecule has 13 heteroatoms. The number of nitrogens with zero attached hydrogens (tertiary/aromatic N) is 4. The maximum absolute atomic E-state index is 13.3. The van der Waals surface area contributed by atoms with E-state index in [4.69, 9.17) is 4.74 Å². The van der Waals surface area contributed by atoms with Crippen molar-refractivity contribution in [1.29, 1.82) is 5.26 Å². The van der Waals surface area contributed by atoms with Crippen molar-refractivity contribution >= 4 is 11.6 Å². The number of ether oxygens (including phenoxy) is 2. The van der Waals surface area contributed by atoms with Crippen molar-refractivity contribution in [2.24, 2.45) is 0 Å². The molecule has 1 amide bonds. The first-order valence-corrected chi connectivity index (χ1v) is 10.9. The average Bonchev–Trinajstić information content (AvgIpc) is 3.23. The van der Waals surface area contributed by atoms with Gasteiger partial charge in [-0.3, -0.25) is 9.20 Å². The lowest BCUT2D eigenvalue weighted by atomic mass is 9.87. The van der Waals surface area contributed by atoms with E-state index in [-0.39, 0.29) is 11.3 Å². The summed E-state index contributed by atoms with van der Waals surface area (Å²) in [6, 6.07) is 8.08. The second kappa shape index (κ2) is 8.88. The highest BCUT2D eigenvalue weighted by molar-refractivity contribution is 6.01. The quantitative estimate of drug-likeness (QED) is 0.486. The summed E-state index contributed by atoms with van der Waals surface area (Å²) >= 11 is 0. The van der Waals surface area contributed by atoms with Gasteiger partial charge in [0.05, 0.1) is 43.6 Å². The molecule has 3 heterocycles. The molecule has 0 unspecified atom stereocenters. The topological polar surface area (TPSA) is 100 Å². The number of hydrogen-bond acceptors (Lipinski definition) is 6. The number of aromatic nitrogens is 2. The van der Waals surface area contributed by atoms with E-state index in [1.54, 1.807) is 36.6 Å². The van der Waals surface area contributed by atoms with Gasteiger partial charge in [-0.1, -0.05) is 0 Å². The van der Waals surface area contributed by atoms with Gasteiger partial charge < -0.3 is 19.5 Å². The average molecular weight is 524 g/mol. The Balaban J connectivity index is 1.77. The minimum atomic E-state index is -4.97. The smallest absolute Gasteiger partial charge is 0.420 e. The zero-order valence-electron chi connectivity index (χ0n) is 19.8. The maximum atomic E-state index is 13.3. The van der Waals surface area contributed by atoms with Gasteiger partial charge in [0.25, 0.3) is 5.91 Å². The van der Waals surface area contributed by atoms with Gasteiger partial charge in [-0.25, -0.2) is 4.98 Å². The van der Waals surface area contributed by atoms with Crippen LogP contribution in [0.1, 0.15) is 29.8 Å². The normalized spacial score (nSPS) is 15.4. The van der Waals surface area contributed by atoms with Crippen LogP contribution in [0.3, 0.4) is 0 Å². The molecular formula is C24H21F5N4O4. The fraction of sp³-hybridized carbons (Fsp3) is 0.375. The maximum Gasteiger partial charge on any atom is 0.420 e. The van der Waals surface area contributed by atoms with E-state index < -0.39 is 54.1 Å². The first-order chi connectivity index (χ1) is 17.2. The molecule has 1 aromatic carbocycles. The van der Waals surface area contributed by atoms with Crippen LogP contribution >= 0.6 is 0 Å². The first-order valence-electron chi connectivity index (χ1n) is 10.9. The lowest BCUT2D eigenvalue weighted by Crippen LogP contribution is -2.70. The number of aliphatic hydroxyl groups is 1. The molecule has 1 saturated heterocycles. The summed E-state index contributed by atoms with van der Waals surface area (Å²) in [5.74, 6) is -1.92. The molecule has 0 atom stereocenters. The van der Waals surface area contributed by atoms with Crippen molar-refractivity contribution in [3.8, 4) is 28.8 Å². The van der Waals surface area contributed by atoms with Crippen LogP contribution < -0.4 is 9.47 Å². The number of hydrogen-bond donors (Lipinski definition) is 1. The number of alkyl halides is 5. The highest BCUT2D eigenvalue weighted by Crippen LogP contribution is 2.42. The van der Waals surface area contributed by atoms with Crippen LogP contribution in [0.4, 0.5) is 22.0 Å². The van der Waals surface area contributed by atoms with E-state index >= 15 is 0 Å². The van der Waals surface area contributed by atoms with Crippen LogP contribution in [0.25, 0.3) is 16.9 Å². The monoisotopic (exact) mass is 524 g/mol. The highest BCUT2D eigenvalue weighted by atomic mass is 19.4. The lowest BCUT2D eigenvalue weighted by Gasteiger charge is -2.46. The number of nitriles is 1. The zero-order chi connectivity index (χ0) is 27.3. The molecule has 196 valence electrons. The zero-order valence-corrected chi connectivity index (χ0v) is 19.8. The Bertz CT molecular complexity index is 1400. The number of imidazole rings is 1. The van der Waals surface area contributed by atoms with Gasteiger partial charge in [0.15, 0.2) is 5.60 Å². The van der Waals surface area contributed by atoms with Crippen molar-refractivity contribution in [3.05, 3.63) is 47.8 Å². The number of carbonyl (C=O) groups excluding carboxylic acids is 1. The number of carbonyl (C=O) groups is 1. The number of halogens is 5. The predicted octanol–water partition coefficient (Wildman–Crippen LogP) is 4.16. The third-order valence-corrected chi connectivity index (χ3v) is 6.25. The highest BCUT2D eigenvalue weighted by Gasteiger charge is 2.62. The number of fused-ring (bicyclic) bond motifs is 1. The van der Waals surface area contributed by atoms with Gasteiger partial charge in [0, 0.05) is 11.8 Å². The molecule has 0 spiro atoms. The number of methoxy groups -OCH3 is 1. The van der Waals surface area contributed by atoms with Gasteiger partial charge >= 0.3 is 12.8 Å². The van der Waals surface area contributed by atoms with E-state index in [9.17, 15) is 37.1 Å². The molecular weight excluding hydrogens is 503 g/mol. The van der Waals surface area contributed by atoms with Gasteiger partial charge in [-0.05, 0) is 43.7 Å². The molecule has 3 aromatic rings. The van der Waals surface area contributed by atoms with E-state index in [0.29, 0.717) is 21.8 Å². The summed E-state index contributed by atoms with van der Waals surface area (Å²) in [5.41, 5.74) is -2.56. The fourth-order valence-corrected chi connectivity index (χ4v) is 4.01.